The van der Waals surface area contributed by atoms with Crippen molar-refractivity contribution in [1.82, 2.24) is 0 Å². The molecule has 0 N–H and O–H groups in total. The highest BCUT2D eigenvalue weighted by atomic mass is 17.2. The summed E-state index contributed by atoms with van der Waals surface area (Å²) in [5, 5.41) is 0. The third-order valence-electron chi connectivity index (χ3n) is 3.41. The Kier molecular flexibility index (Phi) is 6.33. The summed E-state index contributed by atoms with van der Waals surface area (Å²) in [4.78, 5) is 11.5. The first-order chi connectivity index (χ1) is 8.55. The standard InChI is InChI=1S/C18H38O2/c1-15(2,3)12-13-18(10,11)14(16(4,5)6)19-20-17(7,8)9/h14H,12-13H2,1-11H3. The topological polar surface area (TPSA) is 18.5 Å². The lowest BCUT2D eigenvalue weighted by Gasteiger charge is -2.43. The van der Waals surface area contributed by atoms with Crippen molar-refractivity contribution in [3.8, 4) is 0 Å². The molecule has 20 heavy (non-hydrogen) atoms. The highest BCUT2D eigenvalue weighted by Gasteiger charge is 2.41. The number of rotatable bonds is 5. The highest BCUT2D eigenvalue weighted by Crippen LogP contribution is 2.42. The minimum absolute atomic E-state index is 0.0482. The van der Waals surface area contributed by atoms with Gasteiger partial charge in [0.2, 0.25) is 0 Å². The molecule has 122 valence electrons. The van der Waals surface area contributed by atoms with Gasteiger partial charge in [0, 0.05) is 0 Å². The van der Waals surface area contributed by atoms with Crippen LogP contribution in [0.15, 0.2) is 0 Å². The molecule has 0 heterocycles. The first kappa shape index (κ1) is 19.9. The zero-order chi connectivity index (χ0) is 16.4. The van der Waals surface area contributed by atoms with Crippen molar-refractivity contribution >= 4 is 0 Å². The molecular formula is C18H38O2. The van der Waals surface area contributed by atoms with E-state index in [1.807, 2.05) is 20.8 Å². The van der Waals surface area contributed by atoms with Crippen LogP contribution in [0.5, 0.6) is 0 Å². The van der Waals surface area contributed by atoms with E-state index in [2.05, 4.69) is 55.4 Å². The molecule has 1 unspecified atom stereocenters. The van der Waals surface area contributed by atoms with Gasteiger partial charge in [0.1, 0.15) is 6.10 Å². The smallest absolute Gasteiger partial charge is 0.103 e. The van der Waals surface area contributed by atoms with Crippen molar-refractivity contribution in [2.75, 3.05) is 0 Å². The molecule has 0 aromatic rings. The van der Waals surface area contributed by atoms with Crippen LogP contribution < -0.4 is 0 Å². The molecule has 0 aromatic heterocycles. The molecule has 0 aliphatic rings. The van der Waals surface area contributed by atoms with Crippen molar-refractivity contribution in [3.05, 3.63) is 0 Å². The van der Waals surface area contributed by atoms with Crippen LogP contribution in [-0.4, -0.2) is 11.7 Å². The van der Waals surface area contributed by atoms with E-state index in [0.29, 0.717) is 5.41 Å². The Bertz CT molecular complexity index is 284. The Morgan fingerprint density at radius 1 is 0.700 bits per heavy atom. The van der Waals surface area contributed by atoms with Crippen LogP contribution in [0.25, 0.3) is 0 Å². The second-order valence-corrected chi connectivity index (χ2v) is 10.1. The minimum atomic E-state index is -0.274. The van der Waals surface area contributed by atoms with Crippen molar-refractivity contribution in [2.24, 2.45) is 16.2 Å². The maximum absolute atomic E-state index is 5.90. The van der Waals surface area contributed by atoms with Crippen LogP contribution in [0.2, 0.25) is 0 Å². The SMILES string of the molecule is CC(C)(C)CCC(C)(C)C(OOC(C)(C)C)C(C)(C)C. The molecule has 2 heteroatoms. The van der Waals surface area contributed by atoms with E-state index < -0.39 is 0 Å². The largest absolute Gasteiger partial charge is 0.232 e. The van der Waals surface area contributed by atoms with Crippen molar-refractivity contribution in [2.45, 2.75) is 101 Å². The normalized spacial score (nSPS) is 16.4. The molecule has 1 atom stereocenters. The van der Waals surface area contributed by atoms with Gasteiger partial charge >= 0.3 is 0 Å². The Labute approximate surface area is 127 Å². The van der Waals surface area contributed by atoms with Gasteiger partial charge in [-0.05, 0) is 49.9 Å². The zero-order valence-corrected chi connectivity index (χ0v) is 15.8. The molecule has 0 amide bonds. The van der Waals surface area contributed by atoms with Gasteiger partial charge < -0.3 is 0 Å². The molecule has 0 bridgehead atoms. The van der Waals surface area contributed by atoms with Crippen LogP contribution in [0.1, 0.15) is 89.0 Å². The van der Waals surface area contributed by atoms with E-state index in [1.165, 1.54) is 6.42 Å². The maximum atomic E-state index is 5.90. The van der Waals surface area contributed by atoms with E-state index >= 15 is 0 Å². The van der Waals surface area contributed by atoms with E-state index in [0.717, 1.165) is 6.42 Å². The molecule has 0 saturated carbocycles. The average Bonchev–Trinajstić information content (AvgIpc) is 2.09. The second kappa shape index (κ2) is 6.36. The Morgan fingerprint density at radius 2 is 1.15 bits per heavy atom. The minimum Gasteiger partial charge on any atom is -0.232 e. The van der Waals surface area contributed by atoms with E-state index in [-0.39, 0.29) is 22.5 Å². The first-order valence-electron chi connectivity index (χ1n) is 7.89. The Hall–Kier alpha value is -0.0800. The fourth-order valence-corrected chi connectivity index (χ4v) is 2.47. The van der Waals surface area contributed by atoms with E-state index in [9.17, 15) is 0 Å². The average molecular weight is 286 g/mol. The lowest BCUT2D eigenvalue weighted by atomic mass is 9.69. The monoisotopic (exact) mass is 286 g/mol. The third-order valence-corrected chi connectivity index (χ3v) is 3.41. The lowest BCUT2D eigenvalue weighted by molar-refractivity contribution is -0.401. The molecule has 0 saturated heterocycles. The fraction of sp³-hybridized carbons (Fsp3) is 1.00. The summed E-state index contributed by atoms with van der Waals surface area (Å²) in [6.07, 6.45) is 2.38. The van der Waals surface area contributed by atoms with E-state index in [4.69, 9.17) is 9.78 Å². The van der Waals surface area contributed by atoms with Gasteiger partial charge in [0.05, 0.1) is 5.60 Å². The predicted octanol–water partition coefficient (Wildman–Crippen LogP) is 6.00. The lowest BCUT2D eigenvalue weighted by Crippen LogP contribution is -2.44. The molecular weight excluding hydrogens is 248 g/mol. The molecule has 0 aromatic carbocycles. The zero-order valence-electron chi connectivity index (χ0n) is 15.8. The third kappa shape index (κ3) is 8.26. The van der Waals surface area contributed by atoms with Crippen molar-refractivity contribution in [3.63, 3.8) is 0 Å². The molecule has 0 spiro atoms. The fourth-order valence-electron chi connectivity index (χ4n) is 2.47. The summed E-state index contributed by atoms with van der Waals surface area (Å²) in [6.45, 7) is 24.2. The van der Waals surface area contributed by atoms with Gasteiger partial charge in [-0.15, -0.1) is 0 Å². The van der Waals surface area contributed by atoms with Gasteiger partial charge in [-0.1, -0.05) is 55.4 Å². The summed E-state index contributed by atoms with van der Waals surface area (Å²) < 4.78 is 0. The van der Waals surface area contributed by atoms with Gasteiger partial charge in [0.25, 0.3) is 0 Å². The van der Waals surface area contributed by atoms with Crippen LogP contribution in [-0.2, 0) is 9.78 Å². The quantitative estimate of drug-likeness (QED) is 0.456. The molecule has 2 nitrogen and oxygen atoms in total. The summed E-state index contributed by atoms with van der Waals surface area (Å²) in [5.41, 5.74) is 0.206. The molecule has 0 aliphatic heterocycles. The summed E-state index contributed by atoms with van der Waals surface area (Å²) in [7, 11) is 0. The van der Waals surface area contributed by atoms with Gasteiger partial charge in [0.15, 0.2) is 0 Å². The molecule has 0 rings (SSSR count). The number of hydrogen-bond donors (Lipinski definition) is 0. The van der Waals surface area contributed by atoms with Crippen LogP contribution in [0.3, 0.4) is 0 Å². The van der Waals surface area contributed by atoms with Gasteiger partial charge in [-0.25, -0.2) is 9.78 Å². The Balaban J connectivity index is 4.93. The molecule has 0 radical (unpaired) electrons. The van der Waals surface area contributed by atoms with Crippen LogP contribution >= 0.6 is 0 Å². The van der Waals surface area contributed by atoms with Crippen LogP contribution in [0.4, 0.5) is 0 Å². The van der Waals surface area contributed by atoms with Crippen LogP contribution in [0, 0.1) is 16.2 Å². The summed E-state index contributed by atoms with van der Waals surface area (Å²) >= 11 is 0. The summed E-state index contributed by atoms with van der Waals surface area (Å²) in [5.74, 6) is 0. The maximum Gasteiger partial charge on any atom is 0.103 e. The van der Waals surface area contributed by atoms with Gasteiger partial charge in [-0.3, -0.25) is 0 Å². The van der Waals surface area contributed by atoms with Gasteiger partial charge in [-0.2, -0.15) is 0 Å². The first-order valence-corrected chi connectivity index (χ1v) is 7.89. The highest BCUT2D eigenvalue weighted by molar-refractivity contribution is 4.88. The summed E-state index contributed by atoms with van der Waals surface area (Å²) in [6, 6.07) is 0. The Morgan fingerprint density at radius 3 is 1.45 bits per heavy atom. The second-order valence-electron chi connectivity index (χ2n) is 10.1. The van der Waals surface area contributed by atoms with E-state index in [1.54, 1.807) is 0 Å². The van der Waals surface area contributed by atoms with Crippen molar-refractivity contribution in [1.29, 1.82) is 0 Å². The number of hydrogen-bond acceptors (Lipinski definition) is 2. The predicted molar refractivity (Wildman–Crippen MR) is 87.6 cm³/mol. The molecule has 0 aliphatic carbocycles. The molecule has 0 fully saturated rings. The van der Waals surface area contributed by atoms with Crippen molar-refractivity contribution < 1.29 is 9.78 Å².